The third kappa shape index (κ3) is 3.93. The Morgan fingerprint density at radius 3 is 3.11 bits per heavy atom. The van der Waals surface area contributed by atoms with Gasteiger partial charge in [-0.2, -0.15) is 0 Å². The van der Waals surface area contributed by atoms with Crippen LogP contribution in [-0.2, 0) is 4.74 Å². The van der Waals surface area contributed by atoms with Crippen molar-refractivity contribution in [3.63, 3.8) is 0 Å². The molecule has 5 heteroatoms. The van der Waals surface area contributed by atoms with E-state index in [0.717, 1.165) is 32.5 Å². The number of hydrogen-bond acceptors (Lipinski definition) is 4. The zero-order valence-electron chi connectivity index (χ0n) is 11.0. The Bertz CT molecular complexity index is 439. The van der Waals surface area contributed by atoms with Gasteiger partial charge >= 0.3 is 0 Å². The molecular weight excluding hydrogens is 266 g/mol. The van der Waals surface area contributed by atoms with E-state index >= 15 is 0 Å². The van der Waals surface area contributed by atoms with E-state index in [-0.39, 0.29) is 6.10 Å². The summed E-state index contributed by atoms with van der Waals surface area (Å²) in [6, 6.07) is 5.00. The van der Waals surface area contributed by atoms with Crippen LogP contribution in [0, 0.1) is 0 Å². The summed E-state index contributed by atoms with van der Waals surface area (Å²) in [5, 5.41) is 0.452. The summed E-state index contributed by atoms with van der Waals surface area (Å²) in [7, 11) is 0. The number of rotatable bonds is 5. The predicted molar refractivity (Wildman–Crippen MR) is 74.2 cm³/mol. The molecule has 1 aromatic rings. The highest BCUT2D eigenvalue weighted by atomic mass is 35.5. The molecule has 2 rings (SSSR count). The molecule has 0 bridgehead atoms. The van der Waals surface area contributed by atoms with Crippen LogP contribution in [0.15, 0.2) is 18.2 Å². The van der Waals surface area contributed by atoms with E-state index in [1.807, 2.05) is 0 Å². The lowest BCUT2D eigenvalue weighted by atomic mass is 10.2. The Hall–Kier alpha value is -1.10. The molecular formula is C14H18ClNO3. The third-order valence-electron chi connectivity index (χ3n) is 3.19. The molecule has 0 spiro atoms. The Morgan fingerprint density at radius 2 is 2.42 bits per heavy atom. The molecule has 19 heavy (non-hydrogen) atoms. The number of halogens is 1. The fourth-order valence-corrected chi connectivity index (χ4v) is 2.30. The van der Waals surface area contributed by atoms with Crippen LogP contribution in [0.4, 0.5) is 0 Å². The Kier molecular flexibility index (Phi) is 5.19. The van der Waals surface area contributed by atoms with Crippen molar-refractivity contribution in [2.45, 2.75) is 13.0 Å². The maximum atomic E-state index is 10.6. The number of morpholine rings is 1. The Balaban J connectivity index is 1.89. The molecule has 1 aliphatic heterocycles. The monoisotopic (exact) mass is 283 g/mol. The highest BCUT2D eigenvalue weighted by molar-refractivity contribution is 6.32. The van der Waals surface area contributed by atoms with Crippen LogP contribution in [-0.4, -0.2) is 50.1 Å². The molecule has 0 aliphatic carbocycles. The highest BCUT2D eigenvalue weighted by Crippen LogP contribution is 2.25. The van der Waals surface area contributed by atoms with Crippen LogP contribution in [0.25, 0.3) is 0 Å². The summed E-state index contributed by atoms with van der Waals surface area (Å²) in [4.78, 5) is 12.9. The maximum Gasteiger partial charge on any atom is 0.150 e. The molecule has 1 unspecified atom stereocenters. The summed E-state index contributed by atoms with van der Waals surface area (Å²) in [6.45, 7) is 6.21. The topological polar surface area (TPSA) is 38.8 Å². The number of carbonyl (C=O) groups is 1. The van der Waals surface area contributed by atoms with Crippen LogP contribution in [0.5, 0.6) is 5.75 Å². The lowest BCUT2D eigenvalue weighted by Crippen LogP contribution is -2.44. The first-order chi connectivity index (χ1) is 9.22. The molecule has 1 aliphatic rings. The number of hydrogen-bond donors (Lipinski definition) is 0. The molecule has 104 valence electrons. The van der Waals surface area contributed by atoms with Crippen LogP contribution >= 0.6 is 11.6 Å². The number of carbonyl (C=O) groups excluding carboxylic acids is 1. The second-order valence-electron chi connectivity index (χ2n) is 4.50. The largest absolute Gasteiger partial charge is 0.489 e. The molecule has 4 nitrogen and oxygen atoms in total. The second kappa shape index (κ2) is 6.89. The molecule has 0 radical (unpaired) electrons. The van der Waals surface area contributed by atoms with Crippen molar-refractivity contribution >= 4 is 17.9 Å². The zero-order valence-corrected chi connectivity index (χ0v) is 11.7. The van der Waals surface area contributed by atoms with Gasteiger partial charge < -0.3 is 9.47 Å². The molecule has 1 fully saturated rings. The minimum absolute atomic E-state index is 0.0653. The zero-order chi connectivity index (χ0) is 13.7. The normalized spacial score (nSPS) is 20.2. The summed E-state index contributed by atoms with van der Waals surface area (Å²) in [5.41, 5.74) is 0.545. The lowest BCUT2D eigenvalue weighted by Gasteiger charge is -2.31. The third-order valence-corrected chi connectivity index (χ3v) is 3.48. The summed E-state index contributed by atoms with van der Waals surface area (Å²) in [5.74, 6) is 0.587. The van der Waals surface area contributed by atoms with Crippen LogP contribution in [0.3, 0.4) is 0 Å². The number of aldehydes is 1. The van der Waals surface area contributed by atoms with Gasteiger partial charge in [-0.15, -0.1) is 0 Å². The molecule has 1 atom stereocenters. The van der Waals surface area contributed by atoms with E-state index in [1.165, 1.54) is 0 Å². The van der Waals surface area contributed by atoms with Crippen molar-refractivity contribution in [1.29, 1.82) is 0 Å². The van der Waals surface area contributed by atoms with E-state index < -0.39 is 0 Å². The molecule has 0 aromatic heterocycles. The molecule has 1 aromatic carbocycles. The fourth-order valence-electron chi connectivity index (χ4n) is 2.06. The number of nitrogens with zero attached hydrogens (tertiary/aromatic N) is 1. The van der Waals surface area contributed by atoms with Gasteiger partial charge in [-0.1, -0.05) is 18.5 Å². The minimum Gasteiger partial charge on any atom is -0.489 e. The SMILES string of the molecule is CCN1CCOC(COc2ccc(C=O)cc2Cl)C1. The van der Waals surface area contributed by atoms with Gasteiger partial charge in [-0.05, 0) is 24.7 Å². The first-order valence-electron chi connectivity index (χ1n) is 6.44. The second-order valence-corrected chi connectivity index (χ2v) is 4.91. The standard InChI is InChI=1S/C14H18ClNO3/c1-2-16-5-6-18-12(8-16)10-19-14-4-3-11(9-17)7-13(14)15/h3-4,7,9,12H,2,5-6,8,10H2,1H3. The lowest BCUT2D eigenvalue weighted by molar-refractivity contribution is -0.0463. The fraction of sp³-hybridized carbons (Fsp3) is 0.500. The van der Waals surface area contributed by atoms with Gasteiger partial charge in [0.2, 0.25) is 0 Å². The van der Waals surface area contributed by atoms with E-state index in [9.17, 15) is 4.79 Å². The molecule has 1 heterocycles. The van der Waals surface area contributed by atoms with Crippen molar-refractivity contribution in [2.75, 3.05) is 32.8 Å². The van der Waals surface area contributed by atoms with Gasteiger partial charge in [0.15, 0.2) is 0 Å². The Labute approximate surface area is 118 Å². The van der Waals surface area contributed by atoms with Crippen LogP contribution < -0.4 is 4.74 Å². The van der Waals surface area contributed by atoms with Crippen molar-refractivity contribution in [1.82, 2.24) is 4.90 Å². The minimum atomic E-state index is 0.0653. The maximum absolute atomic E-state index is 10.6. The van der Waals surface area contributed by atoms with E-state index in [0.29, 0.717) is 22.9 Å². The van der Waals surface area contributed by atoms with Gasteiger partial charge in [0.25, 0.3) is 0 Å². The van der Waals surface area contributed by atoms with Gasteiger partial charge in [0.05, 0.1) is 11.6 Å². The first-order valence-corrected chi connectivity index (χ1v) is 6.82. The van der Waals surface area contributed by atoms with Crippen molar-refractivity contribution in [2.24, 2.45) is 0 Å². The number of ether oxygens (including phenoxy) is 2. The molecule has 0 N–H and O–H groups in total. The Morgan fingerprint density at radius 1 is 1.58 bits per heavy atom. The van der Waals surface area contributed by atoms with E-state index in [4.69, 9.17) is 21.1 Å². The highest BCUT2D eigenvalue weighted by Gasteiger charge is 2.20. The molecule has 1 saturated heterocycles. The summed E-state index contributed by atoms with van der Waals surface area (Å²) in [6.07, 6.45) is 0.828. The summed E-state index contributed by atoms with van der Waals surface area (Å²) >= 11 is 6.05. The van der Waals surface area contributed by atoms with E-state index in [2.05, 4.69) is 11.8 Å². The number of likely N-dealkylation sites (N-methyl/N-ethyl adjacent to an activating group) is 1. The van der Waals surface area contributed by atoms with Crippen molar-refractivity contribution in [3.05, 3.63) is 28.8 Å². The summed E-state index contributed by atoms with van der Waals surface area (Å²) < 4.78 is 11.3. The van der Waals surface area contributed by atoms with Crippen molar-refractivity contribution < 1.29 is 14.3 Å². The first kappa shape index (κ1) is 14.3. The van der Waals surface area contributed by atoms with Gasteiger partial charge in [0, 0.05) is 18.7 Å². The van der Waals surface area contributed by atoms with Crippen LogP contribution in [0.2, 0.25) is 5.02 Å². The van der Waals surface area contributed by atoms with Gasteiger partial charge in [0.1, 0.15) is 24.7 Å². The molecule has 0 amide bonds. The predicted octanol–water partition coefficient (Wildman–Crippen LogP) is 2.25. The molecule has 0 saturated carbocycles. The van der Waals surface area contributed by atoms with Crippen molar-refractivity contribution in [3.8, 4) is 5.75 Å². The van der Waals surface area contributed by atoms with E-state index in [1.54, 1.807) is 18.2 Å². The van der Waals surface area contributed by atoms with Gasteiger partial charge in [-0.3, -0.25) is 9.69 Å². The smallest absolute Gasteiger partial charge is 0.150 e. The van der Waals surface area contributed by atoms with Crippen LogP contribution in [0.1, 0.15) is 17.3 Å². The van der Waals surface area contributed by atoms with Gasteiger partial charge in [-0.25, -0.2) is 0 Å². The number of benzene rings is 1. The average molecular weight is 284 g/mol. The quantitative estimate of drug-likeness (QED) is 0.777. The average Bonchev–Trinajstić information content (AvgIpc) is 2.46.